The first kappa shape index (κ1) is 12.2. The van der Waals surface area contributed by atoms with Gasteiger partial charge >= 0.3 is 5.97 Å². The summed E-state index contributed by atoms with van der Waals surface area (Å²) in [5.41, 5.74) is -1.05. The first-order valence-electron chi connectivity index (χ1n) is 6.06. The molecule has 1 N–H and O–H groups in total. The third-order valence-corrected chi connectivity index (χ3v) is 4.86. The monoisotopic (exact) mass is 275 g/mol. The standard InChI is InChI=1S/C14H13NO3S/c1-14(13(17)18)6-7-15(14)12(16)11-8-9-4-2-3-5-10(9)19-11/h2-5,8H,6-7H2,1H3,(H,17,18)/t14-/m1/s1. The predicted octanol–water partition coefficient (Wildman–Crippen LogP) is 2.59. The molecule has 0 radical (unpaired) electrons. The fraction of sp³-hybridized carbons (Fsp3) is 0.286. The lowest BCUT2D eigenvalue weighted by Crippen LogP contribution is -2.64. The molecule has 0 bridgehead atoms. The van der Waals surface area contributed by atoms with Crippen LogP contribution in [-0.2, 0) is 4.79 Å². The Morgan fingerprint density at radius 1 is 1.37 bits per heavy atom. The fourth-order valence-corrected chi connectivity index (χ4v) is 3.34. The second-order valence-electron chi connectivity index (χ2n) is 4.93. The molecule has 1 amide bonds. The van der Waals surface area contributed by atoms with E-state index in [4.69, 9.17) is 0 Å². The molecule has 1 aromatic heterocycles. The minimum absolute atomic E-state index is 0.183. The number of nitrogens with zero attached hydrogens (tertiary/aromatic N) is 1. The van der Waals surface area contributed by atoms with Crippen molar-refractivity contribution < 1.29 is 14.7 Å². The fourth-order valence-electron chi connectivity index (χ4n) is 2.33. The van der Waals surface area contributed by atoms with Gasteiger partial charge in [0.1, 0.15) is 5.54 Å². The van der Waals surface area contributed by atoms with E-state index in [9.17, 15) is 14.7 Å². The number of carbonyl (C=O) groups is 2. The van der Waals surface area contributed by atoms with Crippen LogP contribution in [0.3, 0.4) is 0 Å². The van der Waals surface area contributed by atoms with E-state index < -0.39 is 11.5 Å². The minimum Gasteiger partial charge on any atom is -0.480 e. The number of benzene rings is 1. The SMILES string of the molecule is C[C@]1(C(=O)O)CCN1C(=O)c1cc2ccccc2s1. The lowest BCUT2D eigenvalue weighted by Gasteiger charge is -2.47. The molecule has 4 nitrogen and oxygen atoms in total. The number of hydrogen-bond donors (Lipinski definition) is 1. The highest BCUT2D eigenvalue weighted by molar-refractivity contribution is 7.20. The van der Waals surface area contributed by atoms with E-state index in [1.807, 2.05) is 30.3 Å². The molecule has 2 aromatic rings. The maximum atomic E-state index is 12.4. The molecule has 0 aliphatic carbocycles. The average Bonchev–Trinajstić information content (AvgIpc) is 2.80. The molecule has 19 heavy (non-hydrogen) atoms. The number of amides is 1. The van der Waals surface area contributed by atoms with E-state index in [0.29, 0.717) is 17.8 Å². The zero-order valence-corrected chi connectivity index (χ0v) is 11.2. The van der Waals surface area contributed by atoms with E-state index in [1.165, 1.54) is 16.2 Å². The summed E-state index contributed by atoms with van der Waals surface area (Å²) in [6, 6.07) is 9.60. The maximum absolute atomic E-state index is 12.4. The van der Waals surface area contributed by atoms with Crippen molar-refractivity contribution in [1.29, 1.82) is 0 Å². The first-order valence-corrected chi connectivity index (χ1v) is 6.88. The van der Waals surface area contributed by atoms with Gasteiger partial charge < -0.3 is 10.0 Å². The summed E-state index contributed by atoms with van der Waals surface area (Å²) in [7, 11) is 0. The molecular weight excluding hydrogens is 262 g/mol. The highest BCUT2D eigenvalue weighted by atomic mass is 32.1. The Hall–Kier alpha value is -1.88. The van der Waals surface area contributed by atoms with Crippen LogP contribution in [0.1, 0.15) is 23.0 Å². The lowest BCUT2D eigenvalue weighted by molar-refractivity contribution is -0.155. The predicted molar refractivity (Wildman–Crippen MR) is 73.5 cm³/mol. The molecule has 1 atom stereocenters. The number of carbonyl (C=O) groups excluding carboxylic acids is 1. The van der Waals surface area contributed by atoms with Gasteiger partial charge in [0.25, 0.3) is 5.91 Å². The Kier molecular flexibility index (Phi) is 2.60. The second kappa shape index (κ2) is 4.06. The van der Waals surface area contributed by atoms with E-state index in [1.54, 1.807) is 6.92 Å². The molecule has 3 rings (SSSR count). The van der Waals surface area contributed by atoms with Crippen LogP contribution in [0.15, 0.2) is 30.3 Å². The van der Waals surface area contributed by atoms with E-state index >= 15 is 0 Å². The lowest BCUT2D eigenvalue weighted by atomic mass is 9.86. The Morgan fingerprint density at radius 3 is 2.68 bits per heavy atom. The first-order chi connectivity index (χ1) is 9.02. The van der Waals surface area contributed by atoms with Gasteiger partial charge in [0, 0.05) is 11.2 Å². The second-order valence-corrected chi connectivity index (χ2v) is 6.02. The molecule has 1 saturated heterocycles. The van der Waals surface area contributed by atoms with Gasteiger partial charge in [-0.15, -0.1) is 11.3 Å². The zero-order valence-electron chi connectivity index (χ0n) is 10.4. The third kappa shape index (κ3) is 1.73. The molecule has 0 unspecified atom stereocenters. The molecule has 1 aliphatic heterocycles. The largest absolute Gasteiger partial charge is 0.480 e. The molecule has 0 saturated carbocycles. The Balaban J connectivity index is 1.94. The van der Waals surface area contributed by atoms with Crippen molar-refractivity contribution >= 4 is 33.3 Å². The van der Waals surface area contributed by atoms with E-state index in [-0.39, 0.29) is 5.91 Å². The molecule has 1 aromatic carbocycles. The Labute approximate surface area is 114 Å². The van der Waals surface area contributed by atoms with Crippen molar-refractivity contribution in [2.24, 2.45) is 0 Å². The van der Waals surface area contributed by atoms with Crippen molar-refractivity contribution in [2.75, 3.05) is 6.54 Å². The van der Waals surface area contributed by atoms with Crippen molar-refractivity contribution in [3.05, 3.63) is 35.2 Å². The molecule has 1 aliphatic rings. The van der Waals surface area contributed by atoms with Crippen LogP contribution in [0.25, 0.3) is 10.1 Å². The van der Waals surface area contributed by atoms with Gasteiger partial charge in [0.2, 0.25) is 0 Å². The van der Waals surface area contributed by atoms with Gasteiger partial charge in [0.15, 0.2) is 0 Å². The van der Waals surface area contributed by atoms with E-state index in [2.05, 4.69) is 0 Å². The number of carboxylic acid groups (broad SMARTS) is 1. The van der Waals surface area contributed by atoms with Crippen LogP contribution in [0.2, 0.25) is 0 Å². The zero-order chi connectivity index (χ0) is 13.6. The number of likely N-dealkylation sites (tertiary alicyclic amines) is 1. The summed E-state index contributed by atoms with van der Waals surface area (Å²) >= 11 is 1.41. The Bertz CT molecular complexity index is 645. The molecule has 1 fully saturated rings. The van der Waals surface area contributed by atoms with Crippen LogP contribution in [0.5, 0.6) is 0 Å². The van der Waals surface area contributed by atoms with E-state index in [0.717, 1.165) is 10.1 Å². The number of carboxylic acids is 1. The quantitative estimate of drug-likeness (QED) is 0.916. The summed E-state index contributed by atoms with van der Waals surface area (Å²) in [5, 5.41) is 10.2. The van der Waals surface area contributed by atoms with Gasteiger partial charge in [-0.25, -0.2) is 4.79 Å². The topological polar surface area (TPSA) is 57.6 Å². The average molecular weight is 275 g/mol. The number of rotatable bonds is 2. The van der Waals surface area contributed by atoms with Crippen LogP contribution in [0, 0.1) is 0 Å². The third-order valence-electron chi connectivity index (χ3n) is 3.76. The number of aliphatic carboxylic acids is 1. The van der Waals surface area contributed by atoms with Crippen LogP contribution in [0.4, 0.5) is 0 Å². The number of thiophene rings is 1. The smallest absolute Gasteiger partial charge is 0.329 e. The highest BCUT2D eigenvalue weighted by Crippen LogP contribution is 2.34. The van der Waals surface area contributed by atoms with Gasteiger partial charge in [-0.1, -0.05) is 18.2 Å². The van der Waals surface area contributed by atoms with Crippen molar-refractivity contribution in [2.45, 2.75) is 18.9 Å². The van der Waals surface area contributed by atoms with Crippen molar-refractivity contribution in [1.82, 2.24) is 4.90 Å². The van der Waals surface area contributed by atoms with Crippen LogP contribution in [-0.4, -0.2) is 34.0 Å². The molecule has 2 heterocycles. The summed E-state index contributed by atoms with van der Waals surface area (Å²) in [6.45, 7) is 2.11. The molecule has 0 spiro atoms. The van der Waals surface area contributed by atoms with Gasteiger partial charge in [-0.05, 0) is 30.9 Å². The summed E-state index contributed by atoms with van der Waals surface area (Å²) in [5.74, 6) is -1.12. The molecule has 5 heteroatoms. The van der Waals surface area contributed by atoms with Crippen LogP contribution < -0.4 is 0 Å². The summed E-state index contributed by atoms with van der Waals surface area (Å²) < 4.78 is 1.04. The number of fused-ring (bicyclic) bond motifs is 1. The van der Waals surface area contributed by atoms with Crippen molar-refractivity contribution in [3.63, 3.8) is 0 Å². The molecular formula is C14H13NO3S. The molecule has 98 valence electrons. The minimum atomic E-state index is -1.05. The summed E-state index contributed by atoms with van der Waals surface area (Å²) in [6.07, 6.45) is 0.513. The van der Waals surface area contributed by atoms with Crippen molar-refractivity contribution in [3.8, 4) is 0 Å². The Morgan fingerprint density at radius 2 is 2.11 bits per heavy atom. The van der Waals surface area contributed by atoms with Gasteiger partial charge in [-0.3, -0.25) is 4.79 Å². The normalized spacial score (nSPS) is 22.3. The van der Waals surface area contributed by atoms with Crippen LogP contribution >= 0.6 is 11.3 Å². The van der Waals surface area contributed by atoms with Gasteiger partial charge in [-0.2, -0.15) is 0 Å². The maximum Gasteiger partial charge on any atom is 0.329 e. The number of hydrogen-bond acceptors (Lipinski definition) is 3. The summed E-state index contributed by atoms with van der Waals surface area (Å²) in [4.78, 5) is 25.7. The highest BCUT2D eigenvalue weighted by Gasteiger charge is 2.50. The van der Waals surface area contributed by atoms with Gasteiger partial charge in [0.05, 0.1) is 4.88 Å².